The van der Waals surface area contributed by atoms with E-state index in [-0.39, 0.29) is 42.0 Å². The summed E-state index contributed by atoms with van der Waals surface area (Å²) in [6.07, 6.45) is 3.88. The normalized spacial score (nSPS) is 25.4. The summed E-state index contributed by atoms with van der Waals surface area (Å²) in [4.78, 5) is 65.4. The molecule has 1 saturated heterocycles. The Morgan fingerprint density at radius 2 is 1.51 bits per heavy atom. The van der Waals surface area contributed by atoms with Gasteiger partial charge in [-0.2, -0.15) is 0 Å². The molecule has 10 rings (SSSR count). The van der Waals surface area contributed by atoms with Crippen LogP contribution in [0.15, 0.2) is 150 Å². The molecule has 0 radical (unpaired) electrons. The third-order valence-electron chi connectivity index (χ3n) is 12.6. The Kier molecular flexibility index (Phi) is 7.97. The second kappa shape index (κ2) is 13.1. The summed E-state index contributed by atoms with van der Waals surface area (Å²) in [6, 6.07) is 37.9. The molecule has 6 unspecified atom stereocenters. The summed E-state index contributed by atoms with van der Waals surface area (Å²) in [5, 5.41) is 11.8. The van der Waals surface area contributed by atoms with Crippen molar-refractivity contribution in [1.82, 2.24) is 4.98 Å². The molecule has 1 aromatic heterocycles. The number of aromatic nitrogens is 1. The topological polar surface area (TPSA) is 127 Å². The van der Waals surface area contributed by atoms with Gasteiger partial charge in [-0.1, -0.05) is 90.5 Å². The van der Waals surface area contributed by atoms with Gasteiger partial charge in [-0.05, 0) is 78.4 Å². The van der Waals surface area contributed by atoms with Crippen LogP contribution >= 0.6 is 0 Å². The highest BCUT2D eigenvalue weighted by Gasteiger charge is 2.66. The number of ether oxygens (including phenoxy) is 1. The minimum atomic E-state index is -1.45. The maximum Gasteiger partial charge on any atom is 0.238 e. The van der Waals surface area contributed by atoms with Gasteiger partial charge < -0.3 is 14.3 Å². The van der Waals surface area contributed by atoms with E-state index in [2.05, 4.69) is 4.98 Å². The van der Waals surface area contributed by atoms with Crippen molar-refractivity contribution in [2.75, 3.05) is 12.0 Å². The SMILES string of the molecule is COc1ccc(C2C3=CCC4C(=O)N(c5ccc(-c6nc7ccccc7o6)cc5)C(=O)C4C3CC3C(=O)C(c4ccccc4)=CC(=O)C32c2ccccc2)c(O)c1. The monoisotopic (exact) mass is 752 g/mol. The first-order chi connectivity index (χ1) is 27.8. The first kappa shape index (κ1) is 34.6. The summed E-state index contributed by atoms with van der Waals surface area (Å²) in [5.41, 5.74) is 3.85. The smallest absolute Gasteiger partial charge is 0.238 e. The van der Waals surface area contributed by atoms with Crippen LogP contribution in [0.3, 0.4) is 0 Å². The Hall–Kier alpha value is -6.87. The number of aromatic hydroxyl groups is 1. The van der Waals surface area contributed by atoms with Gasteiger partial charge in [-0.3, -0.25) is 24.1 Å². The second-order valence-corrected chi connectivity index (χ2v) is 15.3. The lowest BCUT2D eigenvalue weighted by molar-refractivity contribution is -0.135. The van der Waals surface area contributed by atoms with E-state index in [0.717, 1.165) is 11.1 Å². The Bertz CT molecular complexity index is 2670. The van der Waals surface area contributed by atoms with Gasteiger partial charge in [0.15, 0.2) is 17.1 Å². The van der Waals surface area contributed by atoms with Crippen molar-refractivity contribution in [2.24, 2.45) is 23.7 Å². The number of rotatable bonds is 6. The molecule has 6 atom stereocenters. The summed E-state index contributed by atoms with van der Waals surface area (Å²) < 4.78 is 11.4. The van der Waals surface area contributed by atoms with E-state index >= 15 is 9.59 Å². The van der Waals surface area contributed by atoms with E-state index in [1.54, 1.807) is 36.4 Å². The average Bonchev–Trinajstić information content (AvgIpc) is 3.80. The van der Waals surface area contributed by atoms with Gasteiger partial charge in [0, 0.05) is 34.6 Å². The number of fused-ring (bicyclic) bond motifs is 5. The number of para-hydroxylation sites is 2. The predicted octanol–water partition coefficient (Wildman–Crippen LogP) is 8.24. The van der Waals surface area contributed by atoms with E-state index in [1.165, 1.54) is 24.2 Å². The molecular weight excluding hydrogens is 717 g/mol. The molecule has 2 fully saturated rings. The van der Waals surface area contributed by atoms with Crippen molar-refractivity contribution in [2.45, 2.75) is 24.2 Å². The fourth-order valence-electron chi connectivity index (χ4n) is 10.1. The van der Waals surface area contributed by atoms with Gasteiger partial charge in [-0.25, -0.2) is 4.98 Å². The molecule has 0 spiro atoms. The number of amides is 2. The standard InChI is InChI=1S/C48H36N2O7/c1-56-31-20-21-33(39(51)24-31)43-32-22-23-34-42(47(55)50(46(34)54)30-18-16-28(17-19-30)45-49-38-14-8-9-15-40(38)57-45)36(32)25-37-44(53)35(27-10-4-2-5-11-27)26-41(52)48(37,43)29-12-6-3-7-13-29/h2-22,24,26,34,36-37,42-43,51H,23,25H2,1H3. The Morgan fingerprint density at radius 3 is 2.23 bits per heavy atom. The van der Waals surface area contributed by atoms with Crippen LogP contribution in [-0.2, 0) is 24.6 Å². The van der Waals surface area contributed by atoms with Crippen LogP contribution in [0.1, 0.15) is 35.4 Å². The van der Waals surface area contributed by atoms with Crippen molar-refractivity contribution >= 4 is 45.7 Å². The van der Waals surface area contributed by atoms with Gasteiger partial charge in [-0.15, -0.1) is 0 Å². The molecule has 9 heteroatoms. The number of carbonyl (C=O) groups excluding carboxylic acids is 4. The fourth-order valence-corrected chi connectivity index (χ4v) is 10.1. The zero-order chi connectivity index (χ0) is 39.0. The highest BCUT2D eigenvalue weighted by atomic mass is 16.5. The molecule has 9 nitrogen and oxygen atoms in total. The number of benzene rings is 5. The number of hydrogen-bond donors (Lipinski definition) is 1. The minimum absolute atomic E-state index is 0.0929. The van der Waals surface area contributed by atoms with Crippen LogP contribution in [0.2, 0.25) is 0 Å². The molecule has 3 aliphatic carbocycles. The summed E-state index contributed by atoms with van der Waals surface area (Å²) in [5.74, 6) is -4.18. The molecule has 2 amide bonds. The van der Waals surface area contributed by atoms with E-state index < -0.39 is 35.0 Å². The van der Waals surface area contributed by atoms with Gasteiger partial charge >= 0.3 is 0 Å². The van der Waals surface area contributed by atoms with E-state index in [4.69, 9.17) is 9.15 Å². The highest BCUT2D eigenvalue weighted by molar-refractivity contribution is 6.32. The molecular formula is C48H36N2O7. The van der Waals surface area contributed by atoms with Gasteiger partial charge in [0.1, 0.15) is 17.0 Å². The van der Waals surface area contributed by atoms with Crippen LogP contribution in [0, 0.1) is 23.7 Å². The number of oxazole rings is 1. The molecule has 280 valence electrons. The lowest BCUT2D eigenvalue weighted by Crippen LogP contribution is -2.58. The Labute approximate surface area is 327 Å². The van der Waals surface area contributed by atoms with E-state index in [1.807, 2.05) is 91.0 Å². The molecule has 0 bridgehead atoms. The number of ketones is 2. The number of hydrogen-bond acceptors (Lipinski definition) is 8. The first-order valence-corrected chi connectivity index (χ1v) is 19.1. The van der Waals surface area contributed by atoms with Crippen LogP contribution in [0.4, 0.5) is 5.69 Å². The van der Waals surface area contributed by atoms with Crippen molar-refractivity contribution in [3.05, 3.63) is 162 Å². The minimum Gasteiger partial charge on any atom is -0.508 e. The van der Waals surface area contributed by atoms with Crippen LogP contribution in [0.5, 0.6) is 11.5 Å². The molecule has 6 aromatic rings. The lowest BCUT2D eigenvalue weighted by atomic mass is 9.44. The Morgan fingerprint density at radius 1 is 0.789 bits per heavy atom. The van der Waals surface area contributed by atoms with E-state index in [9.17, 15) is 14.7 Å². The van der Waals surface area contributed by atoms with Crippen molar-refractivity contribution in [3.63, 3.8) is 0 Å². The lowest BCUT2D eigenvalue weighted by Gasteiger charge is -2.55. The fraction of sp³-hybridized carbons (Fsp3) is 0.188. The van der Waals surface area contributed by atoms with Gasteiger partial charge in [0.05, 0.1) is 30.0 Å². The van der Waals surface area contributed by atoms with Crippen LogP contribution < -0.4 is 9.64 Å². The molecule has 5 aromatic carbocycles. The summed E-state index contributed by atoms with van der Waals surface area (Å²) in [6.45, 7) is 0. The quantitative estimate of drug-likeness (QED) is 0.133. The number of allylic oxidation sites excluding steroid dienone is 4. The zero-order valence-electron chi connectivity index (χ0n) is 30.9. The maximum atomic E-state index is 15.2. The zero-order valence-corrected chi connectivity index (χ0v) is 30.9. The number of anilines is 1. The number of carbonyl (C=O) groups is 4. The number of Topliss-reactive ketones (excluding diaryl/α,β-unsaturated/α-hetero) is 1. The molecule has 1 saturated carbocycles. The van der Waals surface area contributed by atoms with Crippen LogP contribution in [0.25, 0.3) is 28.1 Å². The number of methoxy groups -OCH3 is 1. The number of phenolic OH excluding ortho intramolecular Hbond substituents is 1. The Balaban J connectivity index is 1.10. The highest BCUT2D eigenvalue weighted by Crippen LogP contribution is 2.64. The number of imide groups is 1. The van der Waals surface area contributed by atoms with Crippen molar-refractivity contribution in [1.29, 1.82) is 0 Å². The molecule has 2 heterocycles. The number of nitrogens with zero attached hydrogens (tertiary/aromatic N) is 2. The first-order valence-electron chi connectivity index (χ1n) is 19.1. The maximum absolute atomic E-state index is 15.2. The molecule has 4 aliphatic rings. The summed E-state index contributed by atoms with van der Waals surface area (Å²) in [7, 11) is 1.51. The van der Waals surface area contributed by atoms with Crippen LogP contribution in [-0.4, -0.2) is 40.6 Å². The number of phenols is 1. The van der Waals surface area contributed by atoms with Gasteiger partial charge in [0.25, 0.3) is 0 Å². The average molecular weight is 753 g/mol. The third-order valence-corrected chi connectivity index (χ3v) is 12.6. The summed E-state index contributed by atoms with van der Waals surface area (Å²) >= 11 is 0. The predicted molar refractivity (Wildman–Crippen MR) is 213 cm³/mol. The third kappa shape index (κ3) is 5.11. The molecule has 1 N–H and O–H groups in total. The molecule has 1 aliphatic heterocycles. The van der Waals surface area contributed by atoms with Crippen molar-refractivity contribution < 1.29 is 33.4 Å². The van der Waals surface area contributed by atoms with E-state index in [0.29, 0.717) is 50.7 Å². The van der Waals surface area contributed by atoms with Gasteiger partial charge in [0.2, 0.25) is 17.7 Å². The second-order valence-electron chi connectivity index (χ2n) is 15.3. The van der Waals surface area contributed by atoms with Crippen molar-refractivity contribution in [3.8, 4) is 23.0 Å². The largest absolute Gasteiger partial charge is 0.508 e. The molecule has 57 heavy (non-hydrogen) atoms.